The SMILES string of the molecule is CON(C)Cc1c(Cl)cccc1Cl. The first-order valence-corrected chi connectivity index (χ1v) is 4.59. The first kappa shape index (κ1) is 10.8. The third-order valence-corrected chi connectivity index (χ3v) is 2.46. The van der Waals surface area contributed by atoms with Crippen LogP contribution in [0.15, 0.2) is 18.2 Å². The normalized spacial score (nSPS) is 10.8. The molecule has 0 radical (unpaired) electrons. The van der Waals surface area contributed by atoms with Crippen molar-refractivity contribution in [1.29, 1.82) is 0 Å². The van der Waals surface area contributed by atoms with Crippen LogP contribution in [0.5, 0.6) is 0 Å². The molecule has 0 amide bonds. The predicted octanol–water partition coefficient (Wildman–Crippen LogP) is 2.99. The Labute approximate surface area is 88.0 Å². The van der Waals surface area contributed by atoms with Crippen molar-refractivity contribution in [2.75, 3.05) is 14.2 Å². The molecule has 0 bridgehead atoms. The molecule has 1 aromatic rings. The van der Waals surface area contributed by atoms with Crippen LogP contribution >= 0.6 is 23.2 Å². The lowest BCUT2D eigenvalue weighted by atomic mass is 10.2. The lowest BCUT2D eigenvalue weighted by Crippen LogP contribution is -2.16. The van der Waals surface area contributed by atoms with Crippen LogP contribution in [0.2, 0.25) is 10.0 Å². The average Bonchev–Trinajstić information content (AvgIpc) is 2.11. The highest BCUT2D eigenvalue weighted by atomic mass is 35.5. The van der Waals surface area contributed by atoms with Crippen LogP contribution in [0.3, 0.4) is 0 Å². The summed E-state index contributed by atoms with van der Waals surface area (Å²) in [5, 5.41) is 2.99. The van der Waals surface area contributed by atoms with Gasteiger partial charge in [0.25, 0.3) is 0 Å². The van der Waals surface area contributed by atoms with E-state index < -0.39 is 0 Å². The molecule has 1 aromatic carbocycles. The standard InChI is InChI=1S/C9H11Cl2NO/c1-12(13-2)6-7-8(10)4-3-5-9(7)11/h3-5H,6H2,1-2H3. The van der Waals surface area contributed by atoms with Gasteiger partial charge in [-0.1, -0.05) is 29.3 Å². The highest BCUT2D eigenvalue weighted by molar-refractivity contribution is 6.35. The number of hydrogen-bond donors (Lipinski definition) is 0. The molecule has 0 N–H and O–H groups in total. The zero-order valence-corrected chi connectivity index (χ0v) is 9.06. The Kier molecular flexibility index (Phi) is 4.00. The second-order valence-electron chi connectivity index (χ2n) is 2.67. The van der Waals surface area contributed by atoms with Gasteiger partial charge in [-0.15, -0.1) is 0 Å². The lowest BCUT2D eigenvalue weighted by Gasteiger charge is -2.15. The summed E-state index contributed by atoms with van der Waals surface area (Å²) >= 11 is 11.9. The second-order valence-corrected chi connectivity index (χ2v) is 3.48. The van der Waals surface area contributed by atoms with Gasteiger partial charge in [-0.05, 0) is 12.1 Å². The van der Waals surface area contributed by atoms with E-state index in [4.69, 9.17) is 28.0 Å². The Morgan fingerprint density at radius 3 is 2.31 bits per heavy atom. The summed E-state index contributed by atoms with van der Waals surface area (Å²) in [4.78, 5) is 4.98. The van der Waals surface area contributed by atoms with Crippen molar-refractivity contribution in [2.45, 2.75) is 6.54 Å². The molecule has 0 saturated carbocycles. The maximum atomic E-state index is 5.96. The van der Waals surface area contributed by atoms with Crippen molar-refractivity contribution < 1.29 is 4.84 Å². The van der Waals surface area contributed by atoms with E-state index in [1.165, 1.54) is 0 Å². The van der Waals surface area contributed by atoms with Crippen LogP contribution < -0.4 is 0 Å². The Hall–Kier alpha value is -0.280. The zero-order valence-electron chi connectivity index (χ0n) is 7.55. The molecule has 0 spiro atoms. The second kappa shape index (κ2) is 4.82. The maximum Gasteiger partial charge on any atom is 0.0575 e. The van der Waals surface area contributed by atoms with Gasteiger partial charge in [-0.25, -0.2) is 0 Å². The lowest BCUT2D eigenvalue weighted by molar-refractivity contribution is -0.116. The number of benzene rings is 1. The number of nitrogens with zero attached hydrogens (tertiary/aromatic N) is 1. The molecular weight excluding hydrogens is 209 g/mol. The predicted molar refractivity (Wildman–Crippen MR) is 54.9 cm³/mol. The highest BCUT2D eigenvalue weighted by Crippen LogP contribution is 2.25. The molecule has 0 saturated heterocycles. The molecule has 0 aliphatic rings. The molecule has 0 atom stereocenters. The fraction of sp³-hybridized carbons (Fsp3) is 0.333. The maximum absolute atomic E-state index is 5.96. The summed E-state index contributed by atoms with van der Waals surface area (Å²) in [5.74, 6) is 0. The van der Waals surface area contributed by atoms with Crippen molar-refractivity contribution in [2.24, 2.45) is 0 Å². The fourth-order valence-electron chi connectivity index (χ4n) is 0.971. The minimum absolute atomic E-state index is 0.578. The van der Waals surface area contributed by atoms with Crippen molar-refractivity contribution in [1.82, 2.24) is 5.06 Å². The Morgan fingerprint density at radius 2 is 1.85 bits per heavy atom. The first-order chi connectivity index (χ1) is 6.15. The van der Waals surface area contributed by atoms with Crippen LogP contribution in [-0.2, 0) is 11.4 Å². The van der Waals surface area contributed by atoms with Crippen LogP contribution in [0.4, 0.5) is 0 Å². The Balaban J connectivity index is 2.87. The third kappa shape index (κ3) is 2.85. The fourth-order valence-corrected chi connectivity index (χ4v) is 1.49. The van der Waals surface area contributed by atoms with E-state index in [1.54, 1.807) is 12.2 Å². The number of rotatable bonds is 3. The van der Waals surface area contributed by atoms with Gasteiger partial charge in [0.1, 0.15) is 0 Å². The van der Waals surface area contributed by atoms with E-state index in [0.717, 1.165) is 5.56 Å². The van der Waals surface area contributed by atoms with E-state index in [2.05, 4.69) is 0 Å². The van der Waals surface area contributed by atoms with E-state index in [1.807, 2.05) is 25.2 Å². The van der Waals surface area contributed by atoms with Crippen LogP contribution in [0.25, 0.3) is 0 Å². The average molecular weight is 220 g/mol. The summed E-state index contributed by atoms with van der Waals surface area (Å²) in [6.45, 7) is 0.578. The zero-order chi connectivity index (χ0) is 9.84. The minimum atomic E-state index is 0.578. The smallest absolute Gasteiger partial charge is 0.0575 e. The van der Waals surface area contributed by atoms with E-state index >= 15 is 0 Å². The summed E-state index contributed by atoms with van der Waals surface area (Å²) in [7, 11) is 3.42. The van der Waals surface area contributed by atoms with Gasteiger partial charge in [0.15, 0.2) is 0 Å². The molecule has 4 heteroatoms. The van der Waals surface area contributed by atoms with E-state index in [0.29, 0.717) is 16.6 Å². The topological polar surface area (TPSA) is 12.5 Å². The molecule has 1 rings (SSSR count). The van der Waals surface area contributed by atoms with Gasteiger partial charge >= 0.3 is 0 Å². The van der Waals surface area contributed by atoms with Crippen LogP contribution in [-0.4, -0.2) is 19.2 Å². The van der Waals surface area contributed by atoms with Gasteiger partial charge in [0.05, 0.1) is 13.7 Å². The van der Waals surface area contributed by atoms with Crippen LogP contribution in [0.1, 0.15) is 5.56 Å². The van der Waals surface area contributed by atoms with E-state index in [-0.39, 0.29) is 0 Å². The number of halogens is 2. The van der Waals surface area contributed by atoms with Gasteiger partial charge in [-0.3, -0.25) is 0 Å². The third-order valence-electron chi connectivity index (χ3n) is 1.75. The molecule has 0 fully saturated rings. The summed E-state index contributed by atoms with van der Waals surface area (Å²) < 4.78 is 0. The highest BCUT2D eigenvalue weighted by Gasteiger charge is 2.07. The van der Waals surface area contributed by atoms with Gasteiger partial charge in [0.2, 0.25) is 0 Å². The molecule has 0 unspecified atom stereocenters. The number of hydroxylamine groups is 2. The minimum Gasteiger partial charge on any atom is -0.302 e. The Bertz CT molecular complexity index is 271. The quantitative estimate of drug-likeness (QED) is 0.726. The largest absolute Gasteiger partial charge is 0.302 e. The Morgan fingerprint density at radius 1 is 1.31 bits per heavy atom. The van der Waals surface area contributed by atoms with Crippen molar-refractivity contribution in [3.8, 4) is 0 Å². The molecule has 72 valence electrons. The summed E-state index contributed by atoms with van der Waals surface area (Å²) in [5.41, 5.74) is 0.884. The molecule has 0 aliphatic carbocycles. The van der Waals surface area contributed by atoms with Crippen LogP contribution in [0, 0.1) is 0 Å². The van der Waals surface area contributed by atoms with Crippen molar-refractivity contribution >= 4 is 23.2 Å². The van der Waals surface area contributed by atoms with Crippen molar-refractivity contribution in [3.05, 3.63) is 33.8 Å². The van der Waals surface area contributed by atoms with Gasteiger partial charge < -0.3 is 4.84 Å². The molecular formula is C9H11Cl2NO. The van der Waals surface area contributed by atoms with Gasteiger partial charge in [0, 0.05) is 22.7 Å². The number of hydrogen-bond acceptors (Lipinski definition) is 2. The van der Waals surface area contributed by atoms with E-state index in [9.17, 15) is 0 Å². The van der Waals surface area contributed by atoms with Gasteiger partial charge in [-0.2, -0.15) is 5.06 Å². The monoisotopic (exact) mass is 219 g/mol. The molecule has 13 heavy (non-hydrogen) atoms. The summed E-state index contributed by atoms with van der Waals surface area (Å²) in [6.07, 6.45) is 0. The molecule has 2 nitrogen and oxygen atoms in total. The molecule has 0 aromatic heterocycles. The molecule has 0 heterocycles. The first-order valence-electron chi connectivity index (χ1n) is 3.83. The molecule has 0 aliphatic heterocycles. The summed E-state index contributed by atoms with van der Waals surface area (Å²) in [6, 6.07) is 5.44. The van der Waals surface area contributed by atoms with Crippen molar-refractivity contribution in [3.63, 3.8) is 0 Å².